The second kappa shape index (κ2) is 8.34. The van der Waals surface area contributed by atoms with E-state index in [1.54, 1.807) is 0 Å². The van der Waals surface area contributed by atoms with Gasteiger partial charge in [-0.25, -0.2) is 0 Å². The molecule has 1 fully saturated rings. The molecule has 21 heavy (non-hydrogen) atoms. The van der Waals surface area contributed by atoms with Crippen LogP contribution in [0.5, 0.6) is 0 Å². The van der Waals surface area contributed by atoms with Crippen LogP contribution in [0.1, 0.15) is 45.4 Å². The molecule has 0 saturated heterocycles. The molecule has 1 aromatic heterocycles. The van der Waals surface area contributed by atoms with Crippen molar-refractivity contribution in [3.8, 4) is 0 Å². The van der Waals surface area contributed by atoms with Gasteiger partial charge in [0.1, 0.15) is 0 Å². The van der Waals surface area contributed by atoms with E-state index < -0.39 is 0 Å². The molecule has 0 amide bonds. The fourth-order valence-corrected chi connectivity index (χ4v) is 2.89. The van der Waals surface area contributed by atoms with E-state index in [9.17, 15) is 5.11 Å². The minimum Gasteiger partial charge on any atom is -0.395 e. The highest BCUT2D eigenvalue weighted by Crippen LogP contribution is 2.26. The van der Waals surface area contributed by atoms with Crippen molar-refractivity contribution >= 4 is 23.5 Å². The van der Waals surface area contributed by atoms with Crippen molar-refractivity contribution in [1.82, 2.24) is 15.0 Å². The summed E-state index contributed by atoms with van der Waals surface area (Å²) in [6.45, 7) is 3.48. The van der Waals surface area contributed by atoms with Crippen LogP contribution in [0.15, 0.2) is 0 Å². The first-order valence-corrected chi connectivity index (χ1v) is 8.15. The highest BCUT2D eigenvalue weighted by molar-refractivity contribution is 6.28. The van der Waals surface area contributed by atoms with Gasteiger partial charge in [0.15, 0.2) is 0 Å². The molecule has 0 spiro atoms. The van der Waals surface area contributed by atoms with Gasteiger partial charge in [-0.3, -0.25) is 0 Å². The topological polar surface area (TPSA) is 74.2 Å². The Balaban J connectivity index is 2.19. The summed E-state index contributed by atoms with van der Waals surface area (Å²) in [7, 11) is 0. The van der Waals surface area contributed by atoms with Crippen LogP contribution >= 0.6 is 11.6 Å². The Morgan fingerprint density at radius 3 is 2.67 bits per heavy atom. The molecule has 1 saturated carbocycles. The molecule has 1 aliphatic carbocycles. The second-order valence-electron chi connectivity index (χ2n) is 5.36. The Morgan fingerprint density at radius 2 is 2.00 bits per heavy atom. The molecule has 0 aliphatic heterocycles. The lowest BCUT2D eigenvalue weighted by atomic mass is 9.94. The van der Waals surface area contributed by atoms with Gasteiger partial charge in [-0.15, -0.1) is 0 Å². The number of anilines is 2. The van der Waals surface area contributed by atoms with E-state index in [1.165, 1.54) is 19.3 Å². The fourth-order valence-electron chi connectivity index (χ4n) is 2.73. The Hall–Kier alpha value is -1.14. The number of hydrogen-bond acceptors (Lipinski definition) is 6. The summed E-state index contributed by atoms with van der Waals surface area (Å²) in [6.07, 6.45) is 6.92. The van der Waals surface area contributed by atoms with E-state index >= 15 is 0 Å². The Kier molecular flexibility index (Phi) is 6.45. The van der Waals surface area contributed by atoms with Gasteiger partial charge in [0.2, 0.25) is 17.2 Å². The van der Waals surface area contributed by atoms with Gasteiger partial charge < -0.3 is 15.3 Å². The third-order valence-electron chi connectivity index (χ3n) is 3.74. The summed E-state index contributed by atoms with van der Waals surface area (Å²) in [5.74, 6) is 1.07. The van der Waals surface area contributed by atoms with Crippen LogP contribution in [-0.2, 0) is 0 Å². The maximum atomic E-state index is 9.35. The molecule has 7 heteroatoms. The number of aliphatic hydroxyl groups excluding tert-OH is 1. The highest BCUT2D eigenvalue weighted by atomic mass is 35.5. The van der Waals surface area contributed by atoms with Crippen molar-refractivity contribution in [2.45, 2.75) is 51.5 Å². The molecule has 118 valence electrons. The molecule has 0 aromatic carbocycles. The Labute approximate surface area is 131 Å². The monoisotopic (exact) mass is 313 g/mol. The highest BCUT2D eigenvalue weighted by Gasteiger charge is 2.24. The van der Waals surface area contributed by atoms with Crippen molar-refractivity contribution in [1.29, 1.82) is 0 Å². The lowest BCUT2D eigenvalue weighted by Crippen LogP contribution is -2.40. The summed E-state index contributed by atoms with van der Waals surface area (Å²) >= 11 is 6.02. The van der Waals surface area contributed by atoms with Crippen LogP contribution in [0.4, 0.5) is 11.9 Å². The molecule has 0 bridgehead atoms. The molecule has 6 nitrogen and oxygen atoms in total. The summed E-state index contributed by atoms with van der Waals surface area (Å²) in [5.41, 5.74) is 0. The van der Waals surface area contributed by atoms with E-state index in [0.29, 0.717) is 24.5 Å². The van der Waals surface area contributed by atoms with Crippen molar-refractivity contribution in [2.24, 2.45) is 0 Å². The smallest absolute Gasteiger partial charge is 0.231 e. The molecule has 1 aliphatic rings. The Morgan fingerprint density at radius 1 is 1.24 bits per heavy atom. The third kappa shape index (κ3) is 4.68. The molecule has 1 heterocycles. The minimum absolute atomic E-state index is 0.0809. The number of hydrogen-bond donors (Lipinski definition) is 2. The predicted molar refractivity (Wildman–Crippen MR) is 84.9 cm³/mol. The Bertz CT molecular complexity index is 439. The molecule has 2 N–H and O–H groups in total. The maximum absolute atomic E-state index is 9.35. The standard InChI is InChI=1S/C14H24ClN5O/c1-2-8-16-13-17-12(15)18-14(19-13)20(9-10-21)11-6-4-3-5-7-11/h11,21H,2-10H2,1H3,(H,16,17,18,19). The average Bonchev–Trinajstić information content (AvgIpc) is 2.51. The van der Waals surface area contributed by atoms with Gasteiger partial charge in [0, 0.05) is 19.1 Å². The van der Waals surface area contributed by atoms with Crippen LogP contribution < -0.4 is 10.2 Å². The molecular formula is C14H24ClN5O. The zero-order chi connectivity index (χ0) is 15.1. The van der Waals surface area contributed by atoms with Crippen LogP contribution in [0.2, 0.25) is 5.28 Å². The van der Waals surface area contributed by atoms with Gasteiger partial charge in [-0.05, 0) is 30.9 Å². The van der Waals surface area contributed by atoms with Gasteiger partial charge in [-0.2, -0.15) is 15.0 Å². The van der Waals surface area contributed by atoms with E-state index in [4.69, 9.17) is 11.6 Å². The average molecular weight is 314 g/mol. The number of nitrogens with one attached hydrogen (secondary N) is 1. The first-order valence-electron chi connectivity index (χ1n) is 7.77. The van der Waals surface area contributed by atoms with Crippen molar-refractivity contribution in [3.05, 3.63) is 5.28 Å². The minimum atomic E-state index is 0.0809. The number of aromatic nitrogens is 3. The van der Waals surface area contributed by atoms with E-state index in [2.05, 4.69) is 32.1 Å². The number of halogens is 1. The summed E-state index contributed by atoms with van der Waals surface area (Å²) in [6, 6.07) is 0.378. The molecule has 1 aromatic rings. The van der Waals surface area contributed by atoms with Gasteiger partial charge in [0.05, 0.1) is 6.61 Å². The number of aliphatic hydroxyl groups is 1. The third-order valence-corrected chi connectivity index (χ3v) is 3.91. The molecular weight excluding hydrogens is 290 g/mol. The van der Waals surface area contributed by atoms with Crippen LogP contribution in [0.3, 0.4) is 0 Å². The first-order chi connectivity index (χ1) is 10.2. The summed E-state index contributed by atoms with van der Waals surface area (Å²) in [4.78, 5) is 14.9. The van der Waals surface area contributed by atoms with Gasteiger partial charge in [0.25, 0.3) is 0 Å². The van der Waals surface area contributed by atoms with Crippen molar-refractivity contribution < 1.29 is 5.11 Å². The second-order valence-corrected chi connectivity index (χ2v) is 5.70. The quantitative estimate of drug-likeness (QED) is 0.805. The van der Waals surface area contributed by atoms with Crippen LogP contribution in [0.25, 0.3) is 0 Å². The zero-order valence-electron chi connectivity index (χ0n) is 12.6. The van der Waals surface area contributed by atoms with Crippen LogP contribution in [-0.4, -0.2) is 45.8 Å². The summed E-state index contributed by atoms with van der Waals surface area (Å²) < 4.78 is 0. The van der Waals surface area contributed by atoms with Gasteiger partial charge in [-0.1, -0.05) is 26.2 Å². The van der Waals surface area contributed by atoms with E-state index in [-0.39, 0.29) is 11.9 Å². The lowest BCUT2D eigenvalue weighted by Gasteiger charge is -2.34. The van der Waals surface area contributed by atoms with E-state index in [1.807, 2.05) is 0 Å². The fraction of sp³-hybridized carbons (Fsp3) is 0.786. The number of nitrogens with zero attached hydrogens (tertiary/aromatic N) is 4. The SMILES string of the molecule is CCCNc1nc(Cl)nc(N(CCO)C2CCCCC2)n1. The molecule has 0 unspecified atom stereocenters. The number of rotatable bonds is 7. The molecule has 0 radical (unpaired) electrons. The van der Waals surface area contributed by atoms with Crippen molar-refractivity contribution in [3.63, 3.8) is 0 Å². The van der Waals surface area contributed by atoms with Crippen molar-refractivity contribution in [2.75, 3.05) is 29.9 Å². The van der Waals surface area contributed by atoms with Gasteiger partial charge >= 0.3 is 0 Å². The molecule has 0 atom stereocenters. The van der Waals surface area contributed by atoms with Crippen LogP contribution in [0, 0.1) is 0 Å². The molecule has 2 rings (SSSR count). The maximum Gasteiger partial charge on any atom is 0.231 e. The zero-order valence-corrected chi connectivity index (χ0v) is 13.3. The first kappa shape index (κ1) is 16.2. The lowest BCUT2D eigenvalue weighted by molar-refractivity contribution is 0.288. The largest absolute Gasteiger partial charge is 0.395 e. The van der Waals surface area contributed by atoms with E-state index in [0.717, 1.165) is 25.8 Å². The normalized spacial score (nSPS) is 16.0. The summed E-state index contributed by atoms with van der Waals surface area (Å²) in [5, 5.41) is 12.7. The predicted octanol–water partition coefficient (Wildman–Crippen LogP) is 2.48.